The molecule has 8 heteroatoms. The Morgan fingerprint density at radius 1 is 1.26 bits per heavy atom. The van der Waals surface area contributed by atoms with Crippen LogP contribution in [0.25, 0.3) is 0 Å². The predicted molar refractivity (Wildman–Crippen MR) is 64.5 cm³/mol. The summed E-state index contributed by atoms with van der Waals surface area (Å²) in [5.74, 6) is 0. The normalized spacial score (nSPS) is 30.3. The van der Waals surface area contributed by atoms with Gasteiger partial charge in [-0.05, 0) is 12.1 Å². The molecule has 2 rings (SSSR count). The highest BCUT2D eigenvalue weighted by Gasteiger charge is 2.42. The lowest BCUT2D eigenvalue weighted by Crippen LogP contribution is -2.36. The van der Waals surface area contributed by atoms with Crippen LogP contribution >= 0.6 is 0 Å². The number of hydrogen-bond donors (Lipinski definition) is 4. The average molecular weight is 270 g/mol. The molecule has 1 aromatic rings. The molecule has 1 aliphatic rings. The van der Waals surface area contributed by atoms with Gasteiger partial charge in [0.15, 0.2) is 6.23 Å². The van der Waals surface area contributed by atoms with E-state index in [1.165, 1.54) is 24.3 Å². The molecule has 0 aromatic heterocycles. The van der Waals surface area contributed by atoms with Crippen LogP contribution in [0.1, 0.15) is 0 Å². The van der Waals surface area contributed by atoms with Crippen molar-refractivity contribution in [1.82, 2.24) is 0 Å². The highest BCUT2D eigenvalue weighted by atomic mass is 16.6. The summed E-state index contributed by atoms with van der Waals surface area (Å²) < 4.78 is 5.22. The molecule has 1 fully saturated rings. The fourth-order valence-corrected chi connectivity index (χ4v) is 1.86. The molecule has 0 unspecified atom stereocenters. The molecule has 0 radical (unpaired) electrons. The lowest BCUT2D eigenvalue weighted by Gasteiger charge is -2.17. The van der Waals surface area contributed by atoms with Crippen LogP contribution in [0.15, 0.2) is 24.3 Å². The molecule has 0 bridgehead atoms. The number of hydrogen-bond acceptors (Lipinski definition) is 7. The fraction of sp³-hybridized carbons (Fsp3) is 0.455. The summed E-state index contributed by atoms with van der Waals surface area (Å²) in [5.41, 5.74) is 0.451. The Hall–Kier alpha value is -1.74. The second-order valence-electron chi connectivity index (χ2n) is 4.21. The molecule has 1 aromatic carbocycles. The summed E-state index contributed by atoms with van der Waals surface area (Å²) in [6.07, 6.45) is -4.10. The van der Waals surface area contributed by atoms with E-state index in [1.54, 1.807) is 0 Å². The minimum atomic E-state index is -1.19. The highest BCUT2D eigenvalue weighted by molar-refractivity contribution is 5.49. The van der Waals surface area contributed by atoms with Gasteiger partial charge in [-0.25, -0.2) is 0 Å². The Morgan fingerprint density at radius 3 is 2.37 bits per heavy atom. The number of aliphatic hydroxyl groups is 3. The van der Waals surface area contributed by atoms with Gasteiger partial charge in [-0.15, -0.1) is 0 Å². The molecule has 8 nitrogen and oxygen atoms in total. The lowest BCUT2D eigenvalue weighted by molar-refractivity contribution is -0.384. The van der Waals surface area contributed by atoms with Crippen molar-refractivity contribution in [3.05, 3.63) is 34.4 Å². The average Bonchev–Trinajstić information content (AvgIpc) is 2.67. The number of nitrogens with zero attached hydrogens (tertiary/aromatic N) is 1. The standard InChI is InChI=1S/C11H14N2O6/c14-5-8-9(15)10(16)11(19-8)12-6-1-3-7(4-2-6)13(17)18/h1-4,8-12,14-16H,5H2/t8-,9-,10+,11-/m1/s1. The molecular weight excluding hydrogens is 256 g/mol. The first-order valence-corrected chi connectivity index (χ1v) is 5.66. The molecule has 1 aliphatic heterocycles. The maximum atomic E-state index is 10.5. The zero-order chi connectivity index (χ0) is 14.0. The third kappa shape index (κ3) is 2.82. The summed E-state index contributed by atoms with van der Waals surface area (Å²) in [6.45, 7) is -0.406. The van der Waals surface area contributed by atoms with Crippen LogP contribution < -0.4 is 5.32 Å². The molecule has 19 heavy (non-hydrogen) atoms. The van der Waals surface area contributed by atoms with Gasteiger partial charge in [0.1, 0.15) is 18.3 Å². The Labute approximate surface area is 108 Å². The van der Waals surface area contributed by atoms with Gasteiger partial charge in [-0.2, -0.15) is 0 Å². The zero-order valence-corrected chi connectivity index (χ0v) is 9.84. The molecule has 0 saturated carbocycles. The van der Waals surface area contributed by atoms with Crippen molar-refractivity contribution in [2.24, 2.45) is 0 Å². The van der Waals surface area contributed by atoms with E-state index in [2.05, 4.69) is 5.32 Å². The molecule has 1 heterocycles. The van der Waals surface area contributed by atoms with Crippen molar-refractivity contribution >= 4 is 11.4 Å². The topological polar surface area (TPSA) is 125 Å². The molecule has 4 atom stereocenters. The third-order valence-corrected chi connectivity index (χ3v) is 2.93. The Kier molecular flexibility index (Phi) is 3.96. The van der Waals surface area contributed by atoms with Crippen molar-refractivity contribution in [2.45, 2.75) is 24.5 Å². The fourth-order valence-electron chi connectivity index (χ4n) is 1.86. The zero-order valence-electron chi connectivity index (χ0n) is 9.84. The molecule has 0 amide bonds. The summed E-state index contributed by atoms with van der Waals surface area (Å²) in [5, 5.41) is 41.5. The molecule has 0 spiro atoms. The summed E-state index contributed by atoms with van der Waals surface area (Å²) in [6, 6.07) is 5.55. The van der Waals surface area contributed by atoms with Gasteiger partial charge in [-0.1, -0.05) is 0 Å². The number of benzene rings is 1. The van der Waals surface area contributed by atoms with E-state index >= 15 is 0 Å². The minimum Gasteiger partial charge on any atom is -0.394 e. The van der Waals surface area contributed by atoms with Crippen LogP contribution in [0.4, 0.5) is 11.4 Å². The van der Waals surface area contributed by atoms with E-state index in [1.807, 2.05) is 0 Å². The van der Waals surface area contributed by atoms with Crippen molar-refractivity contribution in [2.75, 3.05) is 11.9 Å². The lowest BCUT2D eigenvalue weighted by atomic mass is 10.1. The second kappa shape index (κ2) is 5.49. The summed E-state index contributed by atoms with van der Waals surface area (Å²) in [7, 11) is 0. The van der Waals surface area contributed by atoms with E-state index in [4.69, 9.17) is 9.84 Å². The summed E-state index contributed by atoms with van der Waals surface area (Å²) in [4.78, 5) is 9.98. The van der Waals surface area contributed by atoms with Crippen LogP contribution in [0.2, 0.25) is 0 Å². The first-order valence-electron chi connectivity index (χ1n) is 5.66. The maximum Gasteiger partial charge on any atom is 0.269 e. The van der Waals surface area contributed by atoms with Crippen LogP contribution in [-0.2, 0) is 4.74 Å². The van der Waals surface area contributed by atoms with E-state index in [0.717, 1.165) is 0 Å². The first-order chi connectivity index (χ1) is 9.02. The Bertz CT molecular complexity index is 451. The molecular formula is C11H14N2O6. The maximum absolute atomic E-state index is 10.5. The Morgan fingerprint density at radius 2 is 1.89 bits per heavy atom. The smallest absolute Gasteiger partial charge is 0.269 e. The van der Waals surface area contributed by atoms with Crippen LogP contribution in [0.5, 0.6) is 0 Å². The number of nitro groups is 1. The number of nitro benzene ring substituents is 1. The van der Waals surface area contributed by atoms with Gasteiger partial charge in [0.05, 0.1) is 11.5 Å². The van der Waals surface area contributed by atoms with E-state index < -0.39 is 36.1 Å². The van der Waals surface area contributed by atoms with Gasteiger partial charge >= 0.3 is 0 Å². The van der Waals surface area contributed by atoms with Crippen molar-refractivity contribution in [1.29, 1.82) is 0 Å². The quantitative estimate of drug-likeness (QED) is 0.427. The SMILES string of the molecule is O=[N+]([O-])c1ccc(N[C@@H]2O[C@H](CO)[C@@H](O)[C@@H]2O)cc1. The van der Waals surface area contributed by atoms with Gasteiger partial charge in [0.25, 0.3) is 5.69 Å². The largest absolute Gasteiger partial charge is 0.394 e. The first kappa shape index (κ1) is 13.7. The number of rotatable bonds is 4. The number of nitrogens with one attached hydrogen (secondary N) is 1. The highest BCUT2D eigenvalue weighted by Crippen LogP contribution is 2.24. The van der Waals surface area contributed by atoms with Crippen LogP contribution in [0, 0.1) is 10.1 Å². The van der Waals surface area contributed by atoms with Crippen LogP contribution in [0.3, 0.4) is 0 Å². The number of aliphatic hydroxyl groups excluding tert-OH is 3. The monoisotopic (exact) mass is 270 g/mol. The molecule has 104 valence electrons. The number of non-ortho nitro benzene ring substituents is 1. The van der Waals surface area contributed by atoms with Gasteiger partial charge in [0, 0.05) is 17.8 Å². The van der Waals surface area contributed by atoms with E-state index in [-0.39, 0.29) is 5.69 Å². The van der Waals surface area contributed by atoms with Crippen molar-refractivity contribution in [3.63, 3.8) is 0 Å². The molecule has 4 N–H and O–H groups in total. The van der Waals surface area contributed by atoms with Crippen molar-refractivity contribution in [3.8, 4) is 0 Å². The minimum absolute atomic E-state index is 0.0493. The second-order valence-corrected chi connectivity index (χ2v) is 4.21. The molecule has 0 aliphatic carbocycles. The van der Waals surface area contributed by atoms with Crippen molar-refractivity contribution < 1.29 is 25.0 Å². The van der Waals surface area contributed by atoms with Crippen LogP contribution in [-0.4, -0.2) is 51.4 Å². The predicted octanol–water partition coefficient (Wildman–Crippen LogP) is -0.554. The van der Waals surface area contributed by atoms with Gasteiger partial charge in [-0.3, -0.25) is 10.1 Å². The van der Waals surface area contributed by atoms with Gasteiger partial charge in [0.2, 0.25) is 0 Å². The summed E-state index contributed by atoms with van der Waals surface area (Å²) >= 11 is 0. The van der Waals surface area contributed by atoms with E-state index in [9.17, 15) is 20.3 Å². The number of ether oxygens (including phenoxy) is 1. The number of anilines is 1. The third-order valence-electron chi connectivity index (χ3n) is 2.93. The Balaban J connectivity index is 2.03. The van der Waals surface area contributed by atoms with E-state index in [0.29, 0.717) is 5.69 Å². The molecule has 1 saturated heterocycles. The van der Waals surface area contributed by atoms with Gasteiger partial charge < -0.3 is 25.4 Å².